The van der Waals surface area contributed by atoms with Crippen molar-refractivity contribution in [2.45, 2.75) is 51.4 Å². The molecule has 2 amide bonds. The van der Waals surface area contributed by atoms with Gasteiger partial charge in [0.15, 0.2) is 22.4 Å². The van der Waals surface area contributed by atoms with Crippen molar-refractivity contribution in [2.24, 2.45) is 0 Å². The second kappa shape index (κ2) is 15.2. The maximum atomic E-state index is 14.5. The van der Waals surface area contributed by atoms with E-state index >= 15 is 0 Å². The number of aryl methyl sites for hydroxylation is 1. The Kier molecular flexibility index (Phi) is 10.2. The van der Waals surface area contributed by atoms with E-state index in [9.17, 15) is 27.6 Å². The van der Waals surface area contributed by atoms with Gasteiger partial charge in [-0.2, -0.15) is 22.7 Å². The predicted octanol–water partition coefficient (Wildman–Crippen LogP) is 5.09. The molecule has 0 radical (unpaired) electrons. The lowest BCUT2D eigenvalue weighted by Gasteiger charge is -2.36. The van der Waals surface area contributed by atoms with Crippen molar-refractivity contribution in [3.8, 4) is 5.75 Å². The number of alkyl halides is 3. The SMILES string of the molecule is Cc1ncnc(C(=O)N2CCN(c3c4n(c5nc(C6=CCOCC6)nn5c3=O)[C@@H](C(=O)Nc3ccc(C(F)(F)F)nc3Cl)C[C@H]4C)CC2)c1OCc1ccccc1. The number of ether oxygens (including phenoxy) is 2. The van der Waals surface area contributed by atoms with E-state index in [1.54, 1.807) is 16.4 Å². The minimum Gasteiger partial charge on any atom is -0.485 e. The van der Waals surface area contributed by atoms with Gasteiger partial charge in [0.25, 0.3) is 11.5 Å². The lowest BCUT2D eigenvalue weighted by atomic mass is 10.0. The van der Waals surface area contributed by atoms with Crippen LogP contribution in [-0.4, -0.2) is 90.2 Å². The summed E-state index contributed by atoms with van der Waals surface area (Å²) in [5.41, 5.74) is 1.49. The highest BCUT2D eigenvalue weighted by Gasteiger charge is 2.41. The number of rotatable bonds is 8. The fraction of sp³-hybridized carbons (Fsp3) is 0.368. The molecular weight excluding hydrogens is 769 g/mol. The van der Waals surface area contributed by atoms with Crippen LogP contribution in [0.25, 0.3) is 11.4 Å². The summed E-state index contributed by atoms with van der Waals surface area (Å²) in [7, 11) is 0. The summed E-state index contributed by atoms with van der Waals surface area (Å²) in [5, 5.41) is 6.73. The predicted molar refractivity (Wildman–Crippen MR) is 201 cm³/mol. The van der Waals surface area contributed by atoms with Gasteiger partial charge in [0.05, 0.1) is 30.3 Å². The molecule has 2 atom stereocenters. The number of nitrogens with one attached hydrogen (secondary N) is 1. The van der Waals surface area contributed by atoms with Crippen molar-refractivity contribution in [3.63, 3.8) is 0 Å². The molecule has 7 heterocycles. The summed E-state index contributed by atoms with van der Waals surface area (Å²) >= 11 is 6.11. The third kappa shape index (κ3) is 7.30. The highest BCUT2D eigenvalue weighted by atomic mass is 35.5. The number of benzene rings is 1. The largest absolute Gasteiger partial charge is 0.485 e. The van der Waals surface area contributed by atoms with E-state index in [0.29, 0.717) is 48.3 Å². The Balaban J connectivity index is 1.11. The molecule has 0 saturated carbocycles. The standard InChI is InChI=1S/C38H36ClF3N10O5/c1-21-18-26(34(53)45-25-8-9-27(38(40,41)42)46-32(25)39)51-29(21)30(36(55)52-37(51)47-33(48-52)24-10-16-56-17-11-24)49-12-14-50(15-13-49)35(54)28-31(22(2)43-20-44-28)57-19-23-6-4-3-5-7-23/h3-10,20-21,26H,11-19H2,1-2H3,(H,45,53)/t21-,26-/m1/s1. The Hall–Kier alpha value is -5.88. The van der Waals surface area contributed by atoms with Gasteiger partial charge in [-0.1, -0.05) is 54.9 Å². The number of hydrogen-bond donors (Lipinski definition) is 1. The molecule has 0 spiro atoms. The second-order valence-electron chi connectivity index (χ2n) is 14.0. The number of halogens is 4. The molecule has 4 aromatic heterocycles. The quantitative estimate of drug-likeness (QED) is 0.208. The van der Waals surface area contributed by atoms with Gasteiger partial charge >= 0.3 is 6.18 Å². The zero-order valence-electron chi connectivity index (χ0n) is 30.8. The zero-order chi connectivity index (χ0) is 40.0. The molecule has 5 aromatic rings. The molecule has 19 heteroatoms. The normalized spacial score (nSPS) is 18.4. The molecule has 296 valence electrons. The maximum absolute atomic E-state index is 14.5. The van der Waals surface area contributed by atoms with Gasteiger partial charge in [-0.25, -0.2) is 15.0 Å². The molecular formula is C38H36ClF3N10O5. The fourth-order valence-corrected chi connectivity index (χ4v) is 7.65. The first-order valence-electron chi connectivity index (χ1n) is 18.3. The number of hydrogen-bond acceptors (Lipinski definition) is 11. The Labute approximate surface area is 328 Å². The van der Waals surface area contributed by atoms with Crippen LogP contribution < -0.4 is 20.5 Å². The average Bonchev–Trinajstić information content (AvgIpc) is 3.81. The Bertz CT molecular complexity index is 2470. The van der Waals surface area contributed by atoms with Gasteiger partial charge in [0.2, 0.25) is 11.7 Å². The van der Waals surface area contributed by atoms with E-state index in [1.165, 1.54) is 10.8 Å². The number of piperazine rings is 1. The molecule has 1 N–H and O–H groups in total. The van der Waals surface area contributed by atoms with E-state index in [-0.39, 0.29) is 68.2 Å². The third-order valence-corrected chi connectivity index (χ3v) is 10.6. The first-order chi connectivity index (χ1) is 27.4. The van der Waals surface area contributed by atoms with E-state index in [2.05, 4.69) is 25.4 Å². The van der Waals surface area contributed by atoms with Crippen molar-refractivity contribution >= 4 is 46.1 Å². The van der Waals surface area contributed by atoms with E-state index < -0.39 is 34.5 Å². The van der Waals surface area contributed by atoms with E-state index in [0.717, 1.165) is 23.3 Å². The first kappa shape index (κ1) is 38.0. The summed E-state index contributed by atoms with van der Waals surface area (Å²) in [6.45, 7) is 5.68. The van der Waals surface area contributed by atoms with Crippen LogP contribution in [0.15, 0.2) is 59.7 Å². The number of amides is 2. The lowest BCUT2D eigenvalue weighted by molar-refractivity contribution is -0.141. The van der Waals surface area contributed by atoms with Crippen LogP contribution in [0.5, 0.6) is 5.75 Å². The van der Waals surface area contributed by atoms with Crippen LogP contribution in [0.3, 0.4) is 0 Å². The number of fused-ring (bicyclic) bond motifs is 3. The van der Waals surface area contributed by atoms with Crippen LogP contribution in [0.4, 0.5) is 24.5 Å². The Morgan fingerprint density at radius 3 is 2.53 bits per heavy atom. The smallest absolute Gasteiger partial charge is 0.433 e. The minimum atomic E-state index is -4.72. The summed E-state index contributed by atoms with van der Waals surface area (Å²) < 4.78 is 54.2. The topological polar surface area (TPSA) is 162 Å². The second-order valence-corrected chi connectivity index (χ2v) is 14.3. The van der Waals surface area contributed by atoms with Crippen LogP contribution in [0.1, 0.15) is 70.7 Å². The Morgan fingerprint density at radius 1 is 1.05 bits per heavy atom. The zero-order valence-corrected chi connectivity index (χ0v) is 31.5. The summed E-state index contributed by atoms with van der Waals surface area (Å²) in [4.78, 5) is 62.7. The molecule has 3 aliphatic heterocycles. The highest BCUT2D eigenvalue weighted by Crippen LogP contribution is 2.42. The van der Waals surface area contributed by atoms with Crippen molar-refractivity contribution in [3.05, 3.63) is 105 Å². The van der Waals surface area contributed by atoms with Crippen molar-refractivity contribution in [1.29, 1.82) is 0 Å². The number of pyridine rings is 1. The van der Waals surface area contributed by atoms with Gasteiger partial charge in [-0.15, -0.1) is 5.10 Å². The van der Waals surface area contributed by atoms with Crippen LogP contribution in [-0.2, 0) is 22.3 Å². The van der Waals surface area contributed by atoms with Crippen molar-refractivity contribution < 1.29 is 32.2 Å². The molecule has 3 aliphatic rings. The molecule has 0 aliphatic carbocycles. The first-order valence-corrected chi connectivity index (χ1v) is 18.7. The third-order valence-electron chi connectivity index (χ3n) is 10.3. The Morgan fingerprint density at radius 2 is 1.82 bits per heavy atom. The minimum absolute atomic E-state index is 0.101. The highest BCUT2D eigenvalue weighted by molar-refractivity contribution is 6.32. The molecule has 15 nitrogen and oxygen atoms in total. The van der Waals surface area contributed by atoms with Crippen LogP contribution >= 0.6 is 11.6 Å². The van der Waals surface area contributed by atoms with Gasteiger partial charge < -0.3 is 24.6 Å². The molecule has 0 unspecified atom stereocenters. The maximum Gasteiger partial charge on any atom is 0.433 e. The van der Waals surface area contributed by atoms with Crippen LogP contribution in [0.2, 0.25) is 5.15 Å². The van der Waals surface area contributed by atoms with Crippen molar-refractivity contribution in [1.82, 2.24) is 39.0 Å². The van der Waals surface area contributed by atoms with Gasteiger partial charge in [0.1, 0.15) is 30.4 Å². The summed E-state index contributed by atoms with van der Waals surface area (Å²) in [6.07, 6.45) is -0.801. The van der Waals surface area contributed by atoms with Gasteiger partial charge in [-0.3, -0.25) is 19.0 Å². The van der Waals surface area contributed by atoms with Crippen molar-refractivity contribution in [2.75, 3.05) is 49.6 Å². The molecule has 57 heavy (non-hydrogen) atoms. The van der Waals surface area contributed by atoms with Crippen LogP contribution in [0, 0.1) is 6.92 Å². The number of carbonyl (C=O) groups excluding carboxylic acids is 2. The molecule has 8 rings (SSSR count). The number of carbonyl (C=O) groups is 2. The monoisotopic (exact) mass is 804 g/mol. The number of anilines is 2. The molecule has 1 saturated heterocycles. The number of nitrogens with zero attached hydrogens (tertiary/aromatic N) is 9. The van der Waals surface area contributed by atoms with Gasteiger partial charge in [-0.05, 0) is 43.0 Å². The average molecular weight is 805 g/mol. The molecule has 0 bridgehead atoms. The summed E-state index contributed by atoms with van der Waals surface area (Å²) in [6, 6.07) is 10.4. The van der Waals surface area contributed by atoms with E-state index in [1.807, 2.05) is 48.2 Å². The number of aromatic nitrogens is 7. The molecule has 1 aromatic carbocycles. The lowest BCUT2D eigenvalue weighted by Crippen LogP contribution is -2.51. The fourth-order valence-electron chi connectivity index (χ4n) is 7.45. The molecule has 1 fully saturated rings. The van der Waals surface area contributed by atoms with E-state index in [4.69, 9.17) is 26.1 Å². The van der Waals surface area contributed by atoms with Gasteiger partial charge in [0, 0.05) is 32.1 Å². The summed E-state index contributed by atoms with van der Waals surface area (Å²) in [5.74, 6) is -0.521.